The van der Waals surface area contributed by atoms with Gasteiger partial charge in [-0.15, -0.1) is 0 Å². The van der Waals surface area contributed by atoms with Crippen molar-refractivity contribution in [3.05, 3.63) is 23.2 Å². The predicted octanol–water partition coefficient (Wildman–Crippen LogP) is 1.21. The topological polar surface area (TPSA) is 66.4 Å². The molecule has 1 aromatic rings. The molecule has 1 atom stereocenters. The van der Waals surface area contributed by atoms with Crippen LogP contribution in [0.4, 0.5) is 0 Å². The van der Waals surface area contributed by atoms with Gasteiger partial charge in [-0.25, -0.2) is 9.97 Å². The summed E-state index contributed by atoms with van der Waals surface area (Å²) in [7, 11) is 1.79. The highest BCUT2D eigenvalue weighted by Gasteiger charge is 2.31. The van der Waals surface area contributed by atoms with Crippen molar-refractivity contribution in [3.8, 4) is 0 Å². The highest BCUT2D eigenvalue weighted by Crippen LogP contribution is 2.17. The van der Waals surface area contributed by atoms with Crippen LogP contribution in [-0.2, 0) is 4.79 Å². The zero-order valence-electron chi connectivity index (χ0n) is 11.5. The Morgan fingerprint density at radius 3 is 2.70 bits per heavy atom. The van der Waals surface area contributed by atoms with E-state index in [4.69, 9.17) is 11.6 Å². The molecule has 1 fully saturated rings. The van der Waals surface area contributed by atoms with Crippen molar-refractivity contribution in [2.24, 2.45) is 0 Å². The van der Waals surface area contributed by atoms with Crippen LogP contribution in [0.5, 0.6) is 0 Å². The van der Waals surface area contributed by atoms with E-state index in [1.54, 1.807) is 16.8 Å². The van der Waals surface area contributed by atoms with Crippen molar-refractivity contribution in [1.82, 2.24) is 19.8 Å². The minimum atomic E-state index is -0.124. The lowest BCUT2D eigenvalue weighted by Crippen LogP contribution is -2.39. The van der Waals surface area contributed by atoms with E-state index >= 15 is 0 Å². The molecule has 7 heteroatoms. The molecule has 1 saturated heterocycles. The average Bonchev–Trinajstić information content (AvgIpc) is 2.95. The molecule has 0 spiro atoms. The van der Waals surface area contributed by atoms with Gasteiger partial charge in [-0.2, -0.15) is 0 Å². The smallest absolute Gasteiger partial charge is 0.257 e. The Morgan fingerprint density at radius 2 is 2.10 bits per heavy atom. The van der Waals surface area contributed by atoms with Crippen molar-refractivity contribution in [2.45, 2.75) is 25.8 Å². The molecule has 20 heavy (non-hydrogen) atoms. The van der Waals surface area contributed by atoms with Crippen molar-refractivity contribution in [3.63, 3.8) is 0 Å². The normalized spacial score (nSPS) is 18.1. The number of likely N-dealkylation sites (tertiary alicyclic amines) is 1. The molecular weight excluding hydrogens is 280 g/mol. The van der Waals surface area contributed by atoms with Crippen LogP contribution >= 0.6 is 11.6 Å². The second-order valence-corrected chi connectivity index (χ2v) is 5.13. The lowest BCUT2D eigenvalue weighted by atomic mass is 10.2. The summed E-state index contributed by atoms with van der Waals surface area (Å²) in [4.78, 5) is 35.0. The molecule has 1 aliphatic heterocycles. The summed E-state index contributed by atoms with van der Waals surface area (Å²) in [5.74, 6) is -0.0272. The van der Waals surface area contributed by atoms with E-state index < -0.39 is 0 Å². The van der Waals surface area contributed by atoms with Crippen LogP contribution in [0.2, 0.25) is 5.28 Å². The molecule has 1 unspecified atom stereocenters. The largest absolute Gasteiger partial charge is 0.341 e. The first kappa shape index (κ1) is 14.7. The number of likely N-dealkylation sites (N-methyl/N-ethyl adjacent to an activating group) is 1. The molecular formula is C13H17ClN4O2. The first-order chi connectivity index (χ1) is 9.52. The number of hydrogen-bond donors (Lipinski definition) is 0. The highest BCUT2D eigenvalue weighted by atomic mass is 35.5. The number of halogens is 1. The Bertz CT molecular complexity index is 506. The second-order valence-electron chi connectivity index (χ2n) is 4.79. The third-order valence-electron chi connectivity index (χ3n) is 3.56. The number of carbonyl (C=O) groups excluding carboxylic acids is 2. The Hall–Kier alpha value is -1.69. The molecule has 6 nitrogen and oxygen atoms in total. The van der Waals surface area contributed by atoms with Gasteiger partial charge >= 0.3 is 0 Å². The van der Waals surface area contributed by atoms with Gasteiger partial charge in [0.25, 0.3) is 5.91 Å². The first-order valence-corrected chi connectivity index (χ1v) is 6.93. The zero-order chi connectivity index (χ0) is 14.7. The summed E-state index contributed by atoms with van der Waals surface area (Å²) in [6.45, 7) is 3.01. The molecule has 108 valence electrons. The van der Waals surface area contributed by atoms with Crippen LogP contribution in [0.3, 0.4) is 0 Å². The minimum absolute atomic E-state index is 0.0830. The molecule has 1 aromatic heterocycles. The molecule has 0 bridgehead atoms. The molecule has 0 saturated carbocycles. The number of hydrogen-bond acceptors (Lipinski definition) is 4. The summed E-state index contributed by atoms with van der Waals surface area (Å²) >= 11 is 5.60. The maximum absolute atomic E-state index is 12.3. The summed E-state index contributed by atoms with van der Waals surface area (Å²) in [6.07, 6.45) is 4.12. The van der Waals surface area contributed by atoms with Gasteiger partial charge < -0.3 is 9.80 Å². The van der Waals surface area contributed by atoms with Crippen molar-refractivity contribution in [2.75, 3.05) is 20.1 Å². The molecule has 2 amide bonds. The molecule has 2 rings (SSSR count). The van der Waals surface area contributed by atoms with Gasteiger partial charge in [0.2, 0.25) is 11.2 Å². The fourth-order valence-corrected chi connectivity index (χ4v) is 2.40. The lowest BCUT2D eigenvalue weighted by Gasteiger charge is -2.24. The summed E-state index contributed by atoms with van der Waals surface area (Å²) in [5, 5.41) is 0.120. The van der Waals surface area contributed by atoms with Gasteiger partial charge in [-0.1, -0.05) is 6.92 Å². The Balaban J connectivity index is 2.00. The fraction of sp³-hybridized carbons (Fsp3) is 0.538. The maximum atomic E-state index is 12.3. The Labute approximate surface area is 122 Å². The average molecular weight is 297 g/mol. The quantitative estimate of drug-likeness (QED) is 0.787. The van der Waals surface area contributed by atoms with E-state index in [0.29, 0.717) is 25.1 Å². The van der Waals surface area contributed by atoms with Gasteiger partial charge in [0, 0.05) is 39.0 Å². The van der Waals surface area contributed by atoms with Gasteiger partial charge in [0.15, 0.2) is 0 Å². The van der Waals surface area contributed by atoms with E-state index in [9.17, 15) is 9.59 Å². The molecule has 0 aliphatic carbocycles. The van der Waals surface area contributed by atoms with E-state index in [0.717, 1.165) is 6.42 Å². The number of rotatable bonds is 3. The van der Waals surface area contributed by atoms with Gasteiger partial charge in [-0.3, -0.25) is 9.59 Å². The predicted molar refractivity (Wildman–Crippen MR) is 74.4 cm³/mol. The fourth-order valence-electron chi connectivity index (χ4n) is 2.30. The van der Waals surface area contributed by atoms with Crippen LogP contribution < -0.4 is 0 Å². The molecule has 0 radical (unpaired) electrons. The van der Waals surface area contributed by atoms with Crippen LogP contribution in [0, 0.1) is 0 Å². The van der Waals surface area contributed by atoms with E-state index in [1.165, 1.54) is 12.4 Å². The van der Waals surface area contributed by atoms with Gasteiger partial charge in [-0.05, 0) is 18.0 Å². The van der Waals surface area contributed by atoms with Crippen LogP contribution in [0.1, 0.15) is 30.1 Å². The Kier molecular flexibility index (Phi) is 4.54. The van der Waals surface area contributed by atoms with E-state index in [1.807, 2.05) is 6.92 Å². The maximum Gasteiger partial charge on any atom is 0.257 e. The highest BCUT2D eigenvalue weighted by molar-refractivity contribution is 6.28. The van der Waals surface area contributed by atoms with Crippen molar-refractivity contribution < 1.29 is 9.59 Å². The third-order valence-corrected chi connectivity index (χ3v) is 3.76. The minimum Gasteiger partial charge on any atom is -0.341 e. The number of amides is 2. The second kappa shape index (κ2) is 6.17. The van der Waals surface area contributed by atoms with E-state index in [-0.39, 0.29) is 23.1 Å². The summed E-state index contributed by atoms with van der Waals surface area (Å²) in [6, 6.07) is 0.0830. The molecule has 1 aliphatic rings. The first-order valence-electron chi connectivity index (χ1n) is 6.55. The molecule has 0 aromatic carbocycles. The molecule has 2 heterocycles. The summed E-state index contributed by atoms with van der Waals surface area (Å²) in [5.41, 5.74) is 0.416. The SMILES string of the molecule is CCC(=O)N(C)C1CCN(C(=O)c2cnc(Cl)nc2)C1. The number of carbonyl (C=O) groups is 2. The van der Waals surface area contributed by atoms with Crippen molar-refractivity contribution in [1.29, 1.82) is 0 Å². The Morgan fingerprint density at radius 1 is 1.45 bits per heavy atom. The van der Waals surface area contributed by atoms with Crippen molar-refractivity contribution >= 4 is 23.4 Å². The monoisotopic (exact) mass is 296 g/mol. The van der Waals surface area contributed by atoms with Crippen LogP contribution in [-0.4, -0.2) is 57.8 Å². The van der Waals surface area contributed by atoms with Gasteiger partial charge in [0.05, 0.1) is 11.6 Å². The van der Waals surface area contributed by atoms with Crippen LogP contribution in [0.25, 0.3) is 0 Å². The number of nitrogens with zero attached hydrogens (tertiary/aromatic N) is 4. The van der Waals surface area contributed by atoms with Crippen LogP contribution in [0.15, 0.2) is 12.4 Å². The lowest BCUT2D eigenvalue weighted by molar-refractivity contribution is -0.131. The standard InChI is InChI=1S/C13H17ClN4O2/c1-3-11(19)17(2)10-4-5-18(8-10)12(20)9-6-15-13(14)16-7-9/h6-7,10H,3-5,8H2,1-2H3. The van der Waals surface area contributed by atoms with E-state index in [2.05, 4.69) is 9.97 Å². The summed E-state index contributed by atoms with van der Waals surface area (Å²) < 4.78 is 0. The third kappa shape index (κ3) is 3.07. The molecule has 0 N–H and O–H groups in total. The number of aromatic nitrogens is 2. The zero-order valence-corrected chi connectivity index (χ0v) is 12.3. The van der Waals surface area contributed by atoms with Gasteiger partial charge in [0.1, 0.15) is 0 Å².